The summed E-state index contributed by atoms with van der Waals surface area (Å²) in [5.74, 6) is -0.111. The summed E-state index contributed by atoms with van der Waals surface area (Å²) in [6, 6.07) is 17.2. The van der Waals surface area contributed by atoms with Crippen LogP contribution >= 0.6 is 0 Å². The highest BCUT2D eigenvalue weighted by atomic mass is 16.1. The van der Waals surface area contributed by atoms with Gasteiger partial charge in [-0.3, -0.25) is 9.59 Å². The average Bonchev–Trinajstić information content (AvgIpc) is 3.20. The van der Waals surface area contributed by atoms with Gasteiger partial charge in [-0.1, -0.05) is 42.5 Å². The summed E-state index contributed by atoms with van der Waals surface area (Å²) in [6.45, 7) is 0.952. The Kier molecular flexibility index (Phi) is 5.12. The van der Waals surface area contributed by atoms with Crippen molar-refractivity contribution in [2.45, 2.75) is 38.8 Å². The number of aryl methyl sites for hydroxylation is 2. The normalized spacial score (nSPS) is 13.2. The molecule has 31 heavy (non-hydrogen) atoms. The van der Waals surface area contributed by atoms with E-state index in [-0.39, 0.29) is 11.5 Å². The van der Waals surface area contributed by atoms with Crippen LogP contribution in [0.15, 0.2) is 71.8 Å². The predicted octanol–water partition coefficient (Wildman–Crippen LogP) is 3.35. The van der Waals surface area contributed by atoms with Gasteiger partial charge in [0.15, 0.2) is 0 Å². The number of fused-ring (bicyclic) bond motifs is 3. The van der Waals surface area contributed by atoms with Crippen LogP contribution < -0.4 is 10.9 Å². The van der Waals surface area contributed by atoms with E-state index in [1.165, 1.54) is 0 Å². The van der Waals surface area contributed by atoms with E-state index >= 15 is 0 Å². The summed E-state index contributed by atoms with van der Waals surface area (Å²) < 4.78 is 3.45. The van der Waals surface area contributed by atoms with Gasteiger partial charge in [0.1, 0.15) is 5.52 Å². The second-order valence-corrected chi connectivity index (χ2v) is 8.02. The van der Waals surface area contributed by atoms with Gasteiger partial charge in [-0.15, -0.1) is 0 Å². The van der Waals surface area contributed by atoms with Gasteiger partial charge in [0, 0.05) is 30.1 Å². The summed E-state index contributed by atoms with van der Waals surface area (Å²) >= 11 is 0. The number of hydrogen-bond donors (Lipinski definition) is 1. The molecule has 6 heteroatoms. The first kappa shape index (κ1) is 19.3. The van der Waals surface area contributed by atoms with Crippen LogP contribution in [0.5, 0.6) is 0 Å². The molecule has 0 saturated carbocycles. The van der Waals surface area contributed by atoms with Gasteiger partial charge >= 0.3 is 0 Å². The van der Waals surface area contributed by atoms with Gasteiger partial charge in [0.25, 0.3) is 11.5 Å². The van der Waals surface area contributed by atoms with Crippen LogP contribution in [0.3, 0.4) is 0 Å². The van der Waals surface area contributed by atoms with Crippen LogP contribution in [0, 0.1) is 0 Å². The number of rotatable bonds is 5. The number of nitrogens with one attached hydrogen (secondary N) is 1. The molecule has 156 valence electrons. The van der Waals surface area contributed by atoms with Crippen molar-refractivity contribution in [2.24, 2.45) is 0 Å². The number of carbonyl (C=O) groups is 1. The minimum atomic E-state index is -0.111. The highest BCUT2D eigenvalue weighted by Gasteiger charge is 2.19. The maximum absolute atomic E-state index is 13.1. The second-order valence-electron chi connectivity index (χ2n) is 8.02. The number of hydrogen-bond acceptors (Lipinski definition) is 3. The molecule has 0 spiro atoms. The van der Waals surface area contributed by atoms with E-state index in [1.54, 1.807) is 27.4 Å². The Hall–Kier alpha value is -3.67. The maximum Gasteiger partial charge on any atom is 0.277 e. The Morgan fingerprint density at radius 3 is 2.52 bits per heavy atom. The Morgan fingerprint density at radius 1 is 0.935 bits per heavy atom. The highest BCUT2D eigenvalue weighted by molar-refractivity contribution is 5.94. The lowest BCUT2D eigenvalue weighted by Crippen LogP contribution is -2.23. The molecule has 2 aromatic carbocycles. The summed E-state index contributed by atoms with van der Waals surface area (Å²) in [7, 11) is 0. The van der Waals surface area contributed by atoms with Crippen molar-refractivity contribution in [2.75, 3.05) is 0 Å². The molecule has 0 saturated heterocycles. The quantitative estimate of drug-likeness (QED) is 0.547. The van der Waals surface area contributed by atoms with Crippen LogP contribution in [0.2, 0.25) is 0 Å². The van der Waals surface area contributed by atoms with Crippen LogP contribution in [0.1, 0.15) is 45.6 Å². The van der Waals surface area contributed by atoms with Gasteiger partial charge in [-0.05, 0) is 48.9 Å². The Balaban J connectivity index is 1.31. The molecule has 0 radical (unpaired) electrons. The third-order valence-electron chi connectivity index (χ3n) is 5.90. The number of carbonyl (C=O) groups excluding carboxylic acids is 1. The molecule has 5 rings (SSSR count). The van der Waals surface area contributed by atoms with E-state index in [4.69, 9.17) is 0 Å². The molecule has 2 aromatic heterocycles. The molecule has 4 aromatic rings. The molecule has 0 atom stereocenters. The van der Waals surface area contributed by atoms with Crippen molar-refractivity contribution in [1.82, 2.24) is 19.5 Å². The molecule has 0 bridgehead atoms. The lowest BCUT2D eigenvalue weighted by molar-refractivity contribution is 0.0951. The third kappa shape index (κ3) is 3.89. The van der Waals surface area contributed by atoms with Crippen molar-refractivity contribution in [1.29, 1.82) is 0 Å². The largest absolute Gasteiger partial charge is 0.348 e. The van der Waals surface area contributed by atoms with Crippen molar-refractivity contribution in [3.8, 4) is 0 Å². The minimum Gasteiger partial charge on any atom is -0.348 e. The molecule has 2 heterocycles. The summed E-state index contributed by atoms with van der Waals surface area (Å²) in [5, 5.41) is 7.53. The van der Waals surface area contributed by atoms with Crippen LogP contribution in [-0.2, 0) is 25.9 Å². The van der Waals surface area contributed by atoms with Crippen molar-refractivity contribution in [3.05, 3.63) is 105 Å². The SMILES string of the molecule is O=C(NCc1ccccc1)c1ccc(Cn2ccn3nc4c(c3c2=O)CCCC4)cc1. The van der Waals surface area contributed by atoms with Crippen molar-refractivity contribution in [3.63, 3.8) is 0 Å². The Labute approximate surface area is 180 Å². The first-order chi connectivity index (χ1) is 15.2. The fraction of sp³-hybridized carbons (Fsp3) is 0.240. The van der Waals surface area contributed by atoms with Crippen LogP contribution in [0.25, 0.3) is 5.52 Å². The number of aromatic nitrogens is 3. The molecular formula is C25H24N4O2. The molecule has 0 fully saturated rings. The van der Waals surface area contributed by atoms with Crippen molar-refractivity contribution < 1.29 is 4.79 Å². The number of benzene rings is 2. The lowest BCUT2D eigenvalue weighted by Gasteiger charge is -2.10. The third-order valence-corrected chi connectivity index (χ3v) is 5.90. The van der Waals surface area contributed by atoms with E-state index in [9.17, 15) is 9.59 Å². The van der Waals surface area contributed by atoms with Crippen LogP contribution in [0.4, 0.5) is 0 Å². The topological polar surface area (TPSA) is 68.4 Å². The van der Waals surface area contributed by atoms with Crippen LogP contribution in [-0.4, -0.2) is 20.1 Å². The zero-order valence-electron chi connectivity index (χ0n) is 17.3. The predicted molar refractivity (Wildman–Crippen MR) is 119 cm³/mol. The minimum absolute atomic E-state index is 0.0113. The summed E-state index contributed by atoms with van der Waals surface area (Å²) in [6.07, 6.45) is 7.76. The molecular weight excluding hydrogens is 388 g/mol. The zero-order chi connectivity index (χ0) is 21.2. The first-order valence-electron chi connectivity index (χ1n) is 10.7. The second kappa shape index (κ2) is 8.22. The first-order valence-corrected chi connectivity index (χ1v) is 10.7. The summed E-state index contributed by atoms with van der Waals surface area (Å²) in [5.41, 5.74) is 5.50. The van der Waals surface area contributed by atoms with Gasteiger partial charge in [-0.2, -0.15) is 5.10 Å². The molecule has 6 nitrogen and oxygen atoms in total. The molecule has 1 aliphatic carbocycles. The average molecular weight is 412 g/mol. The van der Waals surface area contributed by atoms with Crippen molar-refractivity contribution >= 4 is 11.4 Å². The molecule has 0 unspecified atom stereocenters. The molecule has 1 aliphatic rings. The smallest absolute Gasteiger partial charge is 0.277 e. The highest BCUT2D eigenvalue weighted by Crippen LogP contribution is 2.22. The van der Waals surface area contributed by atoms with Gasteiger partial charge in [0.05, 0.1) is 12.2 Å². The van der Waals surface area contributed by atoms with E-state index in [0.29, 0.717) is 24.2 Å². The molecule has 1 amide bonds. The van der Waals surface area contributed by atoms with E-state index < -0.39 is 0 Å². The molecule has 1 N–H and O–H groups in total. The Morgan fingerprint density at radius 2 is 1.71 bits per heavy atom. The lowest BCUT2D eigenvalue weighted by atomic mass is 9.97. The van der Waals surface area contributed by atoms with E-state index in [2.05, 4.69) is 10.4 Å². The fourth-order valence-corrected chi connectivity index (χ4v) is 4.22. The summed E-state index contributed by atoms with van der Waals surface area (Å²) in [4.78, 5) is 25.5. The Bertz CT molecular complexity index is 1290. The van der Waals surface area contributed by atoms with Gasteiger partial charge in [-0.25, -0.2) is 4.52 Å². The van der Waals surface area contributed by atoms with Gasteiger partial charge in [0.2, 0.25) is 0 Å². The number of amides is 1. The van der Waals surface area contributed by atoms with E-state index in [0.717, 1.165) is 48.1 Å². The maximum atomic E-state index is 13.1. The standard InChI is InChI=1S/C25H24N4O2/c30-24(26-16-18-6-2-1-3-7-18)20-12-10-19(11-13-20)17-28-14-15-29-23(25(28)31)21-8-4-5-9-22(21)27-29/h1-3,6-7,10-15H,4-5,8-9,16-17H2,(H,26,30). The van der Waals surface area contributed by atoms with E-state index in [1.807, 2.05) is 48.7 Å². The monoisotopic (exact) mass is 412 g/mol. The zero-order valence-corrected chi connectivity index (χ0v) is 17.3. The molecule has 0 aliphatic heterocycles. The fourth-order valence-electron chi connectivity index (χ4n) is 4.22. The van der Waals surface area contributed by atoms with Gasteiger partial charge < -0.3 is 9.88 Å². The number of nitrogens with zero attached hydrogens (tertiary/aromatic N) is 3.